The van der Waals surface area contributed by atoms with Crippen LogP contribution in [0.5, 0.6) is 0 Å². The Labute approximate surface area is 318 Å². The van der Waals surface area contributed by atoms with Crippen LogP contribution in [-0.2, 0) is 0 Å². The molecule has 248 valence electrons. The monoisotopic (exact) mass is 716 g/mol. The molecular formula is C52H28S2. The molecule has 0 bridgehead atoms. The molecule has 0 spiro atoms. The summed E-state index contributed by atoms with van der Waals surface area (Å²) in [6.07, 6.45) is 0. The Morgan fingerprint density at radius 3 is 1.48 bits per heavy atom. The molecule has 2 heterocycles. The highest BCUT2D eigenvalue weighted by Gasteiger charge is 2.22. The van der Waals surface area contributed by atoms with Crippen molar-refractivity contribution < 1.29 is 0 Å². The summed E-state index contributed by atoms with van der Waals surface area (Å²) in [5.74, 6) is 0. The van der Waals surface area contributed by atoms with Gasteiger partial charge in [-0.1, -0.05) is 115 Å². The van der Waals surface area contributed by atoms with Crippen molar-refractivity contribution in [3.05, 3.63) is 170 Å². The van der Waals surface area contributed by atoms with Crippen molar-refractivity contribution in [1.82, 2.24) is 0 Å². The summed E-state index contributed by atoms with van der Waals surface area (Å²) in [5.41, 5.74) is 10.4. The Bertz CT molecular complexity index is 3610. The molecule has 0 unspecified atom stereocenters. The summed E-state index contributed by atoms with van der Waals surface area (Å²) in [6, 6.07) is 64.2. The van der Waals surface area contributed by atoms with Crippen molar-refractivity contribution >= 4 is 106 Å². The van der Waals surface area contributed by atoms with E-state index in [2.05, 4.69) is 170 Å². The first-order valence-corrected chi connectivity index (χ1v) is 20.2. The second-order valence-electron chi connectivity index (χ2n) is 14.8. The summed E-state index contributed by atoms with van der Waals surface area (Å²) < 4.78 is 5.35. The summed E-state index contributed by atoms with van der Waals surface area (Å²) >= 11 is 3.78. The van der Waals surface area contributed by atoms with E-state index in [1.54, 1.807) is 0 Å². The maximum Gasteiger partial charge on any atom is 0.0362 e. The zero-order valence-electron chi connectivity index (χ0n) is 29.0. The van der Waals surface area contributed by atoms with Crippen molar-refractivity contribution in [3.8, 4) is 44.5 Å². The van der Waals surface area contributed by atoms with E-state index in [0.717, 1.165) is 0 Å². The summed E-state index contributed by atoms with van der Waals surface area (Å²) in [5, 5.41) is 15.9. The topological polar surface area (TPSA) is 0 Å². The number of hydrogen-bond acceptors (Lipinski definition) is 2. The third-order valence-electron chi connectivity index (χ3n) is 12.0. The molecule has 54 heavy (non-hydrogen) atoms. The molecule has 0 fully saturated rings. The lowest BCUT2D eigenvalue weighted by Crippen LogP contribution is -1.85. The van der Waals surface area contributed by atoms with Gasteiger partial charge in [-0.05, 0) is 142 Å². The average Bonchev–Trinajstić information content (AvgIpc) is 3.89. The molecule has 12 aromatic rings. The number of hydrogen-bond donors (Lipinski definition) is 0. The summed E-state index contributed by atoms with van der Waals surface area (Å²) in [6.45, 7) is 0. The van der Waals surface area contributed by atoms with Crippen LogP contribution in [0.1, 0.15) is 0 Å². The van der Waals surface area contributed by atoms with E-state index in [9.17, 15) is 0 Å². The Morgan fingerprint density at radius 1 is 0.241 bits per heavy atom. The molecule has 13 rings (SSSR count). The van der Waals surface area contributed by atoms with Gasteiger partial charge in [-0.3, -0.25) is 0 Å². The maximum atomic E-state index is 2.44. The fourth-order valence-corrected chi connectivity index (χ4v) is 11.7. The van der Waals surface area contributed by atoms with Crippen molar-refractivity contribution in [2.75, 3.05) is 0 Å². The first kappa shape index (κ1) is 29.2. The highest BCUT2D eigenvalue weighted by atomic mass is 32.1. The molecule has 2 aromatic heterocycles. The van der Waals surface area contributed by atoms with Crippen LogP contribution in [0.4, 0.5) is 0 Å². The molecule has 0 radical (unpaired) electrons. The molecule has 0 saturated heterocycles. The second kappa shape index (κ2) is 10.6. The van der Waals surface area contributed by atoms with Crippen LogP contribution in [0.2, 0.25) is 0 Å². The maximum absolute atomic E-state index is 2.44. The van der Waals surface area contributed by atoms with Crippen molar-refractivity contribution in [2.45, 2.75) is 0 Å². The number of benzene rings is 10. The van der Waals surface area contributed by atoms with Gasteiger partial charge in [0.15, 0.2) is 0 Å². The average molecular weight is 717 g/mol. The van der Waals surface area contributed by atoms with E-state index in [1.165, 1.54) is 128 Å². The van der Waals surface area contributed by atoms with E-state index in [-0.39, 0.29) is 0 Å². The predicted molar refractivity (Wildman–Crippen MR) is 238 cm³/mol. The third-order valence-corrected chi connectivity index (χ3v) is 14.3. The van der Waals surface area contributed by atoms with Gasteiger partial charge in [-0.25, -0.2) is 0 Å². The molecule has 0 aliphatic heterocycles. The van der Waals surface area contributed by atoms with E-state index in [0.29, 0.717) is 0 Å². The number of fused-ring (bicyclic) bond motifs is 15. The minimum atomic E-state index is 1.25. The Balaban J connectivity index is 0.966. The fourth-order valence-electron chi connectivity index (χ4n) is 9.46. The van der Waals surface area contributed by atoms with Gasteiger partial charge in [0.25, 0.3) is 0 Å². The van der Waals surface area contributed by atoms with Crippen molar-refractivity contribution in [1.29, 1.82) is 0 Å². The van der Waals surface area contributed by atoms with Crippen LogP contribution >= 0.6 is 22.7 Å². The van der Waals surface area contributed by atoms with Gasteiger partial charge in [0.05, 0.1) is 0 Å². The van der Waals surface area contributed by atoms with Crippen LogP contribution in [0.15, 0.2) is 170 Å². The fraction of sp³-hybridized carbons (Fsp3) is 0. The van der Waals surface area contributed by atoms with Crippen LogP contribution in [0.25, 0.3) is 128 Å². The molecule has 1 aliphatic rings. The molecule has 0 nitrogen and oxygen atoms in total. The molecule has 0 amide bonds. The van der Waals surface area contributed by atoms with Gasteiger partial charge in [-0.15, -0.1) is 22.7 Å². The number of thiophene rings is 2. The Hall–Kier alpha value is -6.32. The van der Waals surface area contributed by atoms with Crippen molar-refractivity contribution in [3.63, 3.8) is 0 Å². The number of rotatable bonds is 2. The van der Waals surface area contributed by atoms with Crippen LogP contribution in [0, 0.1) is 0 Å². The van der Waals surface area contributed by atoms with E-state index in [1.807, 2.05) is 22.7 Å². The lowest BCUT2D eigenvalue weighted by molar-refractivity contribution is 1.65. The van der Waals surface area contributed by atoms with Gasteiger partial charge in [-0.2, -0.15) is 0 Å². The molecule has 2 heteroatoms. The standard InChI is InChI=1S/C52H28S2/c1-2-10-35-34(9-1)41-23-30(16-20-37(41)43-27-47-38-11-3-4-14-48(38)54-51(47)28-44(35)43)32-17-21-49-45(25-32)46-26-33(18-22-50(46)53-49)31-15-19-36-39-12-5-7-29-8-6-13-40(52(29)39)42(36)24-31/h1-28H. The first-order valence-electron chi connectivity index (χ1n) is 18.6. The van der Waals surface area contributed by atoms with E-state index >= 15 is 0 Å². The lowest BCUT2D eigenvalue weighted by atomic mass is 9.91. The van der Waals surface area contributed by atoms with E-state index in [4.69, 9.17) is 0 Å². The molecule has 0 N–H and O–H groups in total. The first-order chi connectivity index (χ1) is 26.7. The van der Waals surface area contributed by atoms with Crippen LogP contribution < -0.4 is 0 Å². The van der Waals surface area contributed by atoms with Crippen molar-refractivity contribution in [2.24, 2.45) is 0 Å². The van der Waals surface area contributed by atoms with E-state index < -0.39 is 0 Å². The van der Waals surface area contributed by atoms with Gasteiger partial charge in [0, 0.05) is 40.3 Å². The Morgan fingerprint density at radius 2 is 0.741 bits per heavy atom. The molecule has 1 aliphatic carbocycles. The van der Waals surface area contributed by atoms with Gasteiger partial charge in [0.2, 0.25) is 0 Å². The highest BCUT2D eigenvalue weighted by Crippen LogP contribution is 2.49. The van der Waals surface area contributed by atoms with Gasteiger partial charge < -0.3 is 0 Å². The molecular weight excluding hydrogens is 689 g/mol. The third kappa shape index (κ3) is 3.96. The SMILES string of the molecule is c1cc2c3c(cccc3c1)-c1cc(-c3ccc4sc5ccc(-c6ccc7c(c6)c6ccccc6c6cc8sc9ccccc9c8cc76)cc5c4c3)ccc1-2. The Kier molecular flexibility index (Phi) is 5.75. The normalized spacial score (nSPS) is 12.4. The largest absolute Gasteiger partial charge is 0.135 e. The summed E-state index contributed by atoms with van der Waals surface area (Å²) in [4.78, 5) is 0. The van der Waals surface area contributed by atoms with Gasteiger partial charge in [0.1, 0.15) is 0 Å². The lowest BCUT2D eigenvalue weighted by Gasteiger charge is -2.13. The zero-order valence-corrected chi connectivity index (χ0v) is 30.6. The van der Waals surface area contributed by atoms with Crippen LogP contribution in [-0.4, -0.2) is 0 Å². The van der Waals surface area contributed by atoms with Gasteiger partial charge >= 0.3 is 0 Å². The quantitative estimate of drug-likeness (QED) is 0.156. The zero-order chi connectivity index (χ0) is 35.1. The second-order valence-corrected chi connectivity index (χ2v) is 17.0. The minimum absolute atomic E-state index is 1.25. The van der Waals surface area contributed by atoms with Crippen LogP contribution in [0.3, 0.4) is 0 Å². The smallest absolute Gasteiger partial charge is 0.0362 e. The highest BCUT2D eigenvalue weighted by molar-refractivity contribution is 7.26. The molecule has 10 aromatic carbocycles. The predicted octanol–water partition coefficient (Wildman–Crippen LogP) is 16.0. The molecule has 0 atom stereocenters. The minimum Gasteiger partial charge on any atom is -0.135 e. The molecule has 0 saturated carbocycles. The summed E-state index contributed by atoms with van der Waals surface area (Å²) in [7, 11) is 0.